The second-order valence-corrected chi connectivity index (χ2v) is 8.26. The van der Waals surface area contributed by atoms with Gasteiger partial charge in [0.2, 0.25) is 11.8 Å². The van der Waals surface area contributed by atoms with Crippen LogP contribution in [0.3, 0.4) is 0 Å². The molecule has 0 N–H and O–H groups in total. The average molecular weight is 443 g/mol. The van der Waals surface area contributed by atoms with E-state index in [1.54, 1.807) is 12.0 Å². The average Bonchev–Trinajstić information content (AvgIpc) is 3.35. The minimum atomic E-state index is -0.282. The predicted molar refractivity (Wildman–Crippen MR) is 111 cm³/mol. The van der Waals surface area contributed by atoms with Gasteiger partial charge in [0.25, 0.3) is 0 Å². The zero-order valence-electron chi connectivity index (χ0n) is 15.8. The first kappa shape index (κ1) is 19.0. The lowest BCUT2D eigenvalue weighted by atomic mass is 10.0. The maximum atomic E-state index is 13.2. The molecule has 0 spiro atoms. The van der Waals surface area contributed by atoms with Crippen LogP contribution in [0.5, 0.6) is 5.75 Å². The van der Waals surface area contributed by atoms with Crippen molar-refractivity contribution in [1.29, 1.82) is 0 Å². The van der Waals surface area contributed by atoms with Crippen LogP contribution in [0, 0.1) is 5.92 Å². The number of benzene rings is 2. The van der Waals surface area contributed by atoms with Gasteiger partial charge in [-0.15, -0.1) is 0 Å². The van der Waals surface area contributed by atoms with Crippen LogP contribution in [0.2, 0.25) is 0 Å². The zero-order chi connectivity index (χ0) is 19.7. The van der Waals surface area contributed by atoms with Crippen LogP contribution >= 0.6 is 15.9 Å². The lowest BCUT2D eigenvalue weighted by molar-refractivity contribution is -0.136. The number of hydrogen-bond donors (Lipinski definition) is 0. The van der Waals surface area contributed by atoms with Crippen LogP contribution in [-0.2, 0) is 9.59 Å². The largest absolute Gasteiger partial charge is 0.497 e. The van der Waals surface area contributed by atoms with Crippen LogP contribution in [0.25, 0.3) is 0 Å². The fraction of sp³-hybridized carbons (Fsp3) is 0.364. The Morgan fingerprint density at radius 2 is 1.82 bits per heavy atom. The summed E-state index contributed by atoms with van der Waals surface area (Å²) >= 11 is 3.41. The number of hydrogen-bond acceptors (Lipinski definition) is 3. The van der Waals surface area contributed by atoms with Crippen molar-refractivity contribution in [2.24, 2.45) is 5.92 Å². The molecule has 2 aromatic rings. The topological polar surface area (TPSA) is 49.9 Å². The second-order valence-electron chi connectivity index (χ2n) is 7.34. The highest BCUT2D eigenvalue weighted by molar-refractivity contribution is 9.10. The molecule has 0 aliphatic carbocycles. The number of carbonyl (C=O) groups excluding carboxylic acids is 2. The molecule has 5 nitrogen and oxygen atoms in total. The van der Waals surface area contributed by atoms with E-state index in [-0.39, 0.29) is 30.2 Å². The van der Waals surface area contributed by atoms with Crippen molar-refractivity contribution in [3.8, 4) is 5.75 Å². The van der Waals surface area contributed by atoms with Gasteiger partial charge in [-0.05, 0) is 54.8 Å². The maximum Gasteiger partial charge on any atom is 0.228 e. The normalized spacial score (nSPS) is 22.0. The lowest BCUT2D eigenvalue weighted by Gasteiger charge is -2.28. The van der Waals surface area contributed by atoms with Gasteiger partial charge in [0.15, 0.2) is 0 Å². The minimum absolute atomic E-state index is 0.0147. The molecule has 0 bridgehead atoms. The molecule has 0 saturated carbocycles. The third kappa shape index (κ3) is 3.65. The summed E-state index contributed by atoms with van der Waals surface area (Å²) in [7, 11) is 1.65. The van der Waals surface area contributed by atoms with Gasteiger partial charge < -0.3 is 14.5 Å². The monoisotopic (exact) mass is 442 g/mol. The van der Waals surface area contributed by atoms with E-state index in [4.69, 9.17) is 4.74 Å². The van der Waals surface area contributed by atoms with Crippen LogP contribution in [0.4, 0.5) is 5.69 Å². The molecule has 2 saturated heterocycles. The number of ether oxygens (including phenoxy) is 1. The van der Waals surface area contributed by atoms with Crippen molar-refractivity contribution in [2.75, 3.05) is 25.1 Å². The van der Waals surface area contributed by atoms with Crippen LogP contribution < -0.4 is 9.64 Å². The Labute approximate surface area is 173 Å². The fourth-order valence-electron chi connectivity index (χ4n) is 4.18. The van der Waals surface area contributed by atoms with Crippen LogP contribution in [0.1, 0.15) is 30.9 Å². The Morgan fingerprint density at radius 1 is 1.11 bits per heavy atom. The molecule has 6 heteroatoms. The molecular formula is C22H23BrN2O3. The van der Waals surface area contributed by atoms with Crippen molar-refractivity contribution in [1.82, 2.24) is 4.90 Å². The number of amides is 2. The summed E-state index contributed by atoms with van der Waals surface area (Å²) in [5.41, 5.74) is 1.97. The molecule has 2 aliphatic rings. The molecule has 0 radical (unpaired) electrons. The van der Waals surface area contributed by atoms with E-state index in [9.17, 15) is 9.59 Å². The molecule has 2 aromatic carbocycles. The smallest absolute Gasteiger partial charge is 0.228 e. The molecule has 0 aromatic heterocycles. The van der Waals surface area contributed by atoms with Crippen LogP contribution in [-0.4, -0.2) is 36.9 Å². The third-order valence-electron chi connectivity index (χ3n) is 5.65. The lowest BCUT2D eigenvalue weighted by Crippen LogP contribution is -2.37. The van der Waals surface area contributed by atoms with Crippen molar-refractivity contribution in [2.45, 2.75) is 25.3 Å². The van der Waals surface area contributed by atoms with Crippen molar-refractivity contribution in [3.05, 3.63) is 58.6 Å². The maximum absolute atomic E-state index is 13.2. The third-order valence-corrected chi connectivity index (χ3v) is 6.18. The first-order valence-corrected chi connectivity index (χ1v) is 10.4. The Bertz CT molecular complexity index is 866. The number of rotatable bonds is 4. The summed E-state index contributed by atoms with van der Waals surface area (Å²) in [6, 6.07) is 15.7. The number of halogens is 1. The molecular weight excluding hydrogens is 420 g/mol. The van der Waals surface area contributed by atoms with Gasteiger partial charge in [0.05, 0.1) is 19.1 Å². The molecule has 2 unspecified atom stereocenters. The molecule has 4 rings (SSSR count). The number of carbonyl (C=O) groups is 2. The van der Waals surface area contributed by atoms with Gasteiger partial charge in [-0.1, -0.05) is 28.1 Å². The summed E-state index contributed by atoms with van der Waals surface area (Å²) < 4.78 is 6.20. The van der Waals surface area contributed by atoms with E-state index in [2.05, 4.69) is 15.9 Å². The number of likely N-dealkylation sites (tertiary alicyclic amines) is 1. The van der Waals surface area contributed by atoms with Gasteiger partial charge in [0.1, 0.15) is 5.75 Å². The number of nitrogens with zero attached hydrogens (tertiary/aromatic N) is 2. The summed E-state index contributed by atoms with van der Waals surface area (Å²) in [6.07, 6.45) is 2.22. The van der Waals surface area contributed by atoms with Crippen LogP contribution in [0.15, 0.2) is 53.0 Å². The van der Waals surface area contributed by atoms with Gasteiger partial charge in [0, 0.05) is 29.7 Å². The molecule has 2 heterocycles. The highest BCUT2D eigenvalue weighted by Crippen LogP contribution is 2.36. The summed E-state index contributed by atoms with van der Waals surface area (Å²) in [4.78, 5) is 29.5. The van der Waals surface area contributed by atoms with Gasteiger partial charge in [-0.25, -0.2) is 0 Å². The SMILES string of the molecule is COc1ccc(C2CCCN2C(=O)C2CC(=O)N(c3ccc(Br)cc3)C2)cc1. The first-order valence-electron chi connectivity index (χ1n) is 9.57. The number of methoxy groups -OCH3 is 1. The second kappa shape index (κ2) is 7.95. The Morgan fingerprint density at radius 3 is 2.50 bits per heavy atom. The van der Waals surface area contributed by atoms with E-state index in [0.29, 0.717) is 6.54 Å². The van der Waals surface area contributed by atoms with Crippen molar-refractivity contribution < 1.29 is 14.3 Å². The Balaban J connectivity index is 1.48. The molecule has 2 amide bonds. The standard InChI is InChI=1S/C22H23BrN2O3/c1-28-19-10-4-15(5-11-19)20-3-2-12-24(20)22(27)16-13-21(26)25(14-16)18-8-6-17(23)7-9-18/h4-11,16,20H,2-3,12-14H2,1H3. The molecule has 2 aliphatic heterocycles. The minimum Gasteiger partial charge on any atom is -0.497 e. The van der Waals surface area contributed by atoms with Gasteiger partial charge in [-0.2, -0.15) is 0 Å². The quantitative estimate of drug-likeness (QED) is 0.713. The zero-order valence-corrected chi connectivity index (χ0v) is 17.4. The Kier molecular flexibility index (Phi) is 5.40. The summed E-state index contributed by atoms with van der Waals surface area (Å²) in [6.45, 7) is 1.20. The predicted octanol–water partition coefficient (Wildman–Crippen LogP) is 4.17. The van der Waals surface area contributed by atoms with E-state index < -0.39 is 0 Å². The van der Waals surface area contributed by atoms with Crippen molar-refractivity contribution in [3.63, 3.8) is 0 Å². The van der Waals surface area contributed by atoms with Gasteiger partial charge in [-0.3, -0.25) is 9.59 Å². The molecule has 2 fully saturated rings. The van der Waals surface area contributed by atoms with Crippen molar-refractivity contribution >= 4 is 33.4 Å². The molecule has 146 valence electrons. The van der Waals surface area contributed by atoms with E-state index in [1.807, 2.05) is 53.4 Å². The van der Waals surface area contributed by atoms with E-state index in [1.165, 1.54) is 0 Å². The summed E-state index contributed by atoms with van der Waals surface area (Å²) in [5, 5.41) is 0. The Hall–Kier alpha value is -2.34. The molecule has 2 atom stereocenters. The number of anilines is 1. The fourth-order valence-corrected chi connectivity index (χ4v) is 4.45. The van der Waals surface area contributed by atoms with E-state index in [0.717, 1.165) is 40.9 Å². The highest BCUT2D eigenvalue weighted by atomic mass is 79.9. The van der Waals surface area contributed by atoms with Gasteiger partial charge >= 0.3 is 0 Å². The summed E-state index contributed by atoms with van der Waals surface area (Å²) in [5.74, 6) is 0.633. The highest BCUT2D eigenvalue weighted by Gasteiger charge is 2.40. The van der Waals surface area contributed by atoms with E-state index >= 15 is 0 Å². The first-order chi connectivity index (χ1) is 13.6. The molecule has 28 heavy (non-hydrogen) atoms.